The van der Waals surface area contributed by atoms with E-state index < -0.39 is 0 Å². The van der Waals surface area contributed by atoms with Crippen LogP contribution in [0.3, 0.4) is 0 Å². The normalized spacial score (nSPS) is 10.2. The van der Waals surface area contributed by atoms with E-state index in [-0.39, 0.29) is 11.7 Å². The van der Waals surface area contributed by atoms with Gasteiger partial charge in [0, 0.05) is 11.6 Å². The highest BCUT2D eigenvalue weighted by molar-refractivity contribution is 7.09. The molecule has 88 valence electrons. The lowest BCUT2D eigenvalue weighted by molar-refractivity contribution is 0.0949. The molecule has 17 heavy (non-hydrogen) atoms. The molecule has 2 N–H and O–H groups in total. The van der Waals surface area contributed by atoms with E-state index in [1.54, 1.807) is 0 Å². The van der Waals surface area contributed by atoms with Crippen molar-refractivity contribution in [3.8, 4) is 5.75 Å². The first-order chi connectivity index (χ1) is 8.15. The molecule has 0 aromatic carbocycles. The molecule has 2 heterocycles. The lowest BCUT2D eigenvalue weighted by Crippen LogP contribution is -2.23. The lowest BCUT2D eigenvalue weighted by atomic mass is 10.2. The maximum absolute atomic E-state index is 11.7. The number of nitrogens with one attached hydrogen (secondary N) is 1. The Morgan fingerprint density at radius 3 is 3.00 bits per heavy atom. The van der Waals surface area contributed by atoms with Gasteiger partial charge in [-0.3, -0.25) is 9.78 Å². The molecule has 2 aromatic rings. The van der Waals surface area contributed by atoms with Crippen LogP contribution in [-0.4, -0.2) is 21.0 Å². The molecule has 0 atom stereocenters. The summed E-state index contributed by atoms with van der Waals surface area (Å²) in [6.45, 7) is 2.29. The van der Waals surface area contributed by atoms with Crippen molar-refractivity contribution in [1.29, 1.82) is 0 Å². The second-order valence-corrected chi connectivity index (χ2v) is 4.53. The molecule has 0 bridgehead atoms. The van der Waals surface area contributed by atoms with Gasteiger partial charge in [0.05, 0.1) is 29.0 Å². The van der Waals surface area contributed by atoms with E-state index in [4.69, 9.17) is 0 Å². The van der Waals surface area contributed by atoms with E-state index in [0.29, 0.717) is 12.1 Å². The summed E-state index contributed by atoms with van der Waals surface area (Å²) >= 11 is 1.54. The molecule has 0 spiro atoms. The standard InChI is InChI=1S/C11H11N3O2S/c1-7-14-9(6-17-7)4-13-11(16)8-2-10(15)5-12-3-8/h2-3,5-6,15H,4H2,1H3,(H,13,16). The number of hydrogen-bond acceptors (Lipinski definition) is 5. The Hall–Kier alpha value is -1.95. The Balaban J connectivity index is 1.98. The zero-order valence-corrected chi connectivity index (χ0v) is 9.99. The minimum Gasteiger partial charge on any atom is -0.506 e. The summed E-state index contributed by atoms with van der Waals surface area (Å²) in [6, 6.07) is 1.37. The summed E-state index contributed by atoms with van der Waals surface area (Å²) < 4.78 is 0. The molecule has 0 aliphatic heterocycles. The van der Waals surface area contributed by atoms with E-state index in [1.807, 2.05) is 12.3 Å². The predicted octanol–water partition coefficient (Wildman–Crippen LogP) is 1.48. The molecule has 5 nitrogen and oxygen atoms in total. The van der Waals surface area contributed by atoms with Gasteiger partial charge >= 0.3 is 0 Å². The number of carbonyl (C=O) groups is 1. The van der Waals surface area contributed by atoms with Gasteiger partial charge in [0.2, 0.25) is 0 Å². The van der Waals surface area contributed by atoms with Gasteiger partial charge in [0.25, 0.3) is 5.91 Å². The third-order valence-corrected chi connectivity index (χ3v) is 2.90. The first-order valence-electron chi connectivity index (χ1n) is 4.98. The van der Waals surface area contributed by atoms with Crippen molar-refractivity contribution in [2.24, 2.45) is 0 Å². The van der Waals surface area contributed by atoms with Gasteiger partial charge in [-0.15, -0.1) is 11.3 Å². The van der Waals surface area contributed by atoms with Gasteiger partial charge in [0.15, 0.2) is 0 Å². The summed E-state index contributed by atoms with van der Waals surface area (Å²) in [7, 11) is 0. The van der Waals surface area contributed by atoms with E-state index in [0.717, 1.165) is 10.7 Å². The molecule has 0 aliphatic rings. The molecule has 0 unspecified atom stereocenters. The van der Waals surface area contributed by atoms with Crippen LogP contribution in [0.1, 0.15) is 21.1 Å². The van der Waals surface area contributed by atoms with Crippen LogP contribution in [0, 0.1) is 6.92 Å². The first kappa shape index (κ1) is 11.5. The van der Waals surface area contributed by atoms with E-state index in [1.165, 1.54) is 29.8 Å². The molecule has 1 amide bonds. The molecule has 2 aromatic heterocycles. The monoisotopic (exact) mass is 249 g/mol. The van der Waals surface area contributed by atoms with Gasteiger partial charge in [-0.2, -0.15) is 0 Å². The lowest BCUT2D eigenvalue weighted by Gasteiger charge is -2.03. The summed E-state index contributed by atoms with van der Waals surface area (Å²) in [5.41, 5.74) is 1.16. The number of pyridine rings is 1. The number of carbonyl (C=O) groups excluding carboxylic acids is 1. The molecule has 0 saturated heterocycles. The van der Waals surface area contributed by atoms with Crippen LogP contribution < -0.4 is 5.32 Å². The fraction of sp³-hybridized carbons (Fsp3) is 0.182. The highest BCUT2D eigenvalue weighted by Crippen LogP contribution is 2.10. The maximum Gasteiger partial charge on any atom is 0.253 e. The van der Waals surface area contributed by atoms with Crippen LogP contribution >= 0.6 is 11.3 Å². The number of aromatic nitrogens is 2. The first-order valence-corrected chi connectivity index (χ1v) is 5.86. The van der Waals surface area contributed by atoms with Crippen molar-refractivity contribution < 1.29 is 9.90 Å². The fourth-order valence-corrected chi connectivity index (χ4v) is 1.93. The molecule has 0 radical (unpaired) electrons. The number of hydrogen-bond donors (Lipinski definition) is 2. The molecule has 0 saturated carbocycles. The second kappa shape index (κ2) is 4.92. The van der Waals surface area contributed by atoms with Gasteiger partial charge in [0.1, 0.15) is 5.75 Å². The number of aromatic hydroxyl groups is 1. The molecule has 2 rings (SSSR count). The smallest absolute Gasteiger partial charge is 0.253 e. The van der Waals surface area contributed by atoms with Crippen LogP contribution in [0.5, 0.6) is 5.75 Å². The molecular formula is C11H11N3O2S. The van der Waals surface area contributed by atoms with Crippen LogP contribution in [0.4, 0.5) is 0 Å². The van der Waals surface area contributed by atoms with Crippen molar-refractivity contribution in [3.05, 3.63) is 40.1 Å². The second-order valence-electron chi connectivity index (χ2n) is 3.47. The van der Waals surface area contributed by atoms with Gasteiger partial charge in [-0.1, -0.05) is 0 Å². The Labute approximate surface area is 102 Å². The minimum atomic E-state index is -0.279. The topological polar surface area (TPSA) is 75.1 Å². The Bertz CT molecular complexity index is 539. The third kappa shape index (κ3) is 3.01. The highest BCUT2D eigenvalue weighted by Gasteiger charge is 2.07. The SMILES string of the molecule is Cc1nc(CNC(=O)c2cncc(O)c2)cs1. The third-order valence-electron chi connectivity index (χ3n) is 2.08. The van der Waals surface area contributed by atoms with Crippen LogP contribution in [-0.2, 0) is 6.54 Å². The largest absolute Gasteiger partial charge is 0.506 e. The Morgan fingerprint density at radius 1 is 1.53 bits per heavy atom. The number of amides is 1. The van der Waals surface area contributed by atoms with E-state index in [2.05, 4.69) is 15.3 Å². The van der Waals surface area contributed by atoms with Crippen molar-refractivity contribution >= 4 is 17.2 Å². The van der Waals surface area contributed by atoms with Crippen LogP contribution in [0.25, 0.3) is 0 Å². The molecule has 0 aliphatic carbocycles. The minimum absolute atomic E-state index is 0.0258. The van der Waals surface area contributed by atoms with Crippen molar-refractivity contribution in [2.75, 3.05) is 0 Å². The zero-order valence-electron chi connectivity index (χ0n) is 9.17. The van der Waals surface area contributed by atoms with Gasteiger partial charge in [-0.05, 0) is 13.0 Å². The van der Waals surface area contributed by atoms with E-state index in [9.17, 15) is 9.90 Å². The van der Waals surface area contributed by atoms with Crippen molar-refractivity contribution in [1.82, 2.24) is 15.3 Å². The Morgan fingerprint density at radius 2 is 2.35 bits per heavy atom. The highest BCUT2D eigenvalue weighted by atomic mass is 32.1. The molecule has 0 fully saturated rings. The molecular weight excluding hydrogens is 238 g/mol. The number of rotatable bonds is 3. The summed E-state index contributed by atoms with van der Waals surface area (Å²) in [6.07, 6.45) is 2.68. The van der Waals surface area contributed by atoms with Gasteiger partial charge < -0.3 is 10.4 Å². The van der Waals surface area contributed by atoms with Crippen molar-refractivity contribution in [3.63, 3.8) is 0 Å². The van der Waals surface area contributed by atoms with E-state index >= 15 is 0 Å². The number of aryl methyl sites for hydroxylation is 1. The van der Waals surface area contributed by atoms with Crippen LogP contribution in [0.2, 0.25) is 0 Å². The number of thiazole rings is 1. The number of nitrogens with zero attached hydrogens (tertiary/aromatic N) is 2. The quantitative estimate of drug-likeness (QED) is 0.864. The maximum atomic E-state index is 11.7. The zero-order chi connectivity index (χ0) is 12.3. The molecule has 6 heteroatoms. The summed E-state index contributed by atoms with van der Waals surface area (Å²) in [5.74, 6) is -0.304. The van der Waals surface area contributed by atoms with Crippen molar-refractivity contribution in [2.45, 2.75) is 13.5 Å². The summed E-state index contributed by atoms with van der Waals surface area (Å²) in [4.78, 5) is 19.7. The van der Waals surface area contributed by atoms with Gasteiger partial charge in [-0.25, -0.2) is 4.98 Å². The fourth-order valence-electron chi connectivity index (χ4n) is 1.31. The summed E-state index contributed by atoms with van der Waals surface area (Å²) in [5, 5.41) is 14.8. The predicted molar refractivity (Wildman–Crippen MR) is 63.9 cm³/mol. The average Bonchev–Trinajstić information content (AvgIpc) is 2.72. The Kier molecular flexibility index (Phi) is 3.34. The van der Waals surface area contributed by atoms with Crippen LogP contribution in [0.15, 0.2) is 23.8 Å². The average molecular weight is 249 g/mol.